The Morgan fingerprint density at radius 3 is 2.79 bits per heavy atom. The maximum Gasteiger partial charge on any atom is 0.253 e. The fourth-order valence-corrected chi connectivity index (χ4v) is 2.01. The van der Waals surface area contributed by atoms with E-state index < -0.39 is 5.82 Å². The molecule has 4 N–H and O–H groups in total. The van der Waals surface area contributed by atoms with E-state index in [4.69, 9.17) is 10.8 Å². The van der Waals surface area contributed by atoms with Gasteiger partial charge in [0.05, 0.1) is 5.56 Å². The van der Waals surface area contributed by atoms with Crippen LogP contribution in [0.5, 0.6) is 0 Å². The molecule has 1 amide bonds. The number of amides is 1. The molecule has 0 bridgehead atoms. The number of rotatable bonds is 7. The average Bonchev–Trinajstić information content (AvgIpc) is 2.36. The van der Waals surface area contributed by atoms with Crippen molar-refractivity contribution >= 4 is 11.6 Å². The predicted molar refractivity (Wildman–Crippen MR) is 73.2 cm³/mol. The topological polar surface area (TPSA) is 75.3 Å². The van der Waals surface area contributed by atoms with Crippen molar-refractivity contribution < 1.29 is 14.3 Å². The first-order valence-electron chi connectivity index (χ1n) is 6.52. The first-order chi connectivity index (χ1) is 9.08. The van der Waals surface area contributed by atoms with Gasteiger partial charge in [-0.2, -0.15) is 0 Å². The lowest BCUT2D eigenvalue weighted by Crippen LogP contribution is -2.30. The summed E-state index contributed by atoms with van der Waals surface area (Å²) in [7, 11) is 0. The number of hydrogen-bond donors (Lipinski definition) is 3. The smallest absolute Gasteiger partial charge is 0.253 e. The lowest BCUT2D eigenvalue weighted by molar-refractivity contribution is 0.0943. The second kappa shape index (κ2) is 7.74. The number of aliphatic hydroxyl groups is 1. The number of carbonyl (C=O) groups excluding carboxylic acids is 1. The van der Waals surface area contributed by atoms with Gasteiger partial charge in [-0.15, -0.1) is 0 Å². The van der Waals surface area contributed by atoms with E-state index in [1.54, 1.807) is 0 Å². The summed E-state index contributed by atoms with van der Waals surface area (Å²) in [6.45, 7) is 2.66. The largest absolute Gasteiger partial charge is 0.398 e. The highest BCUT2D eigenvalue weighted by molar-refractivity contribution is 5.99. The zero-order valence-corrected chi connectivity index (χ0v) is 11.2. The number of anilines is 1. The van der Waals surface area contributed by atoms with Gasteiger partial charge in [-0.25, -0.2) is 4.39 Å². The van der Waals surface area contributed by atoms with Crippen molar-refractivity contribution in [3.8, 4) is 0 Å². The molecule has 0 aromatic heterocycles. The van der Waals surface area contributed by atoms with Crippen molar-refractivity contribution in [3.05, 3.63) is 29.6 Å². The van der Waals surface area contributed by atoms with Gasteiger partial charge in [-0.05, 0) is 37.0 Å². The van der Waals surface area contributed by atoms with E-state index in [2.05, 4.69) is 12.2 Å². The molecular formula is C14H21FN2O2. The average molecular weight is 268 g/mol. The summed E-state index contributed by atoms with van der Waals surface area (Å²) < 4.78 is 12.9. The molecule has 1 aromatic rings. The number of nitrogen functional groups attached to an aromatic ring is 1. The third-order valence-corrected chi connectivity index (χ3v) is 3.04. The molecule has 0 radical (unpaired) electrons. The Labute approximate surface area is 112 Å². The summed E-state index contributed by atoms with van der Waals surface area (Å²) in [4.78, 5) is 11.9. The van der Waals surface area contributed by atoms with E-state index in [0.717, 1.165) is 18.9 Å². The van der Waals surface area contributed by atoms with Crippen LogP contribution < -0.4 is 11.1 Å². The Morgan fingerprint density at radius 1 is 1.47 bits per heavy atom. The zero-order valence-electron chi connectivity index (χ0n) is 11.2. The van der Waals surface area contributed by atoms with Crippen LogP contribution >= 0.6 is 0 Å². The van der Waals surface area contributed by atoms with Gasteiger partial charge in [0.15, 0.2) is 0 Å². The second-order valence-corrected chi connectivity index (χ2v) is 4.61. The highest BCUT2D eigenvalue weighted by Gasteiger charge is 2.13. The Balaban J connectivity index is 2.58. The molecule has 5 heteroatoms. The number of benzene rings is 1. The van der Waals surface area contributed by atoms with Crippen LogP contribution in [-0.4, -0.2) is 24.2 Å². The second-order valence-electron chi connectivity index (χ2n) is 4.61. The molecule has 1 aromatic carbocycles. The van der Waals surface area contributed by atoms with E-state index in [-0.39, 0.29) is 29.7 Å². The minimum Gasteiger partial charge on any atom is -0.398 e. The summed E-state index contributed by atoms with van der Waals surface area (Å²) in [5.74, 6) is -0.518. The van der Waals surface area contributed by atoms with Gasteiger partial charge in [-0.1, -0.05) is 13.3 Å². The molecule has 0 aliphatic rings. The Morgan fingerprint density at radius 2 is 2.21 bits per heavy atom. The summed E-state index contributed by atoms with van der Waals surface area (Å²) in [5.41, 5.74) is 6.01. The molecule has 0 aliphatic heterocycles. The van der Waals surface area contributed by atoms with E-state index in [1.165, 1.54) is 12.1 Å². The van der Waals surface area contributed by atoms with Crippen molar-refractivity contribution in [2.45, 2.75) is 26.2 Å². The van der Waals surface area contributed by atoms with E-state index in [1.807, 2.05) is 0 Å². The number of nitrogens with two attached hydrogens (primary N) is 1. The fourth-order valence-electron chi connectivity index (χ4n) is 2.01. The number of halogens is 1. The van der Waals surface area contributed by atoms with Gasteiger partial charge in [0.2, 0.25) is 0 Å². The van der Waals surface area contributed by atoms with Gasteiger partial charge < -0.3 is 16.2 Å². The van der Waals surface area contributed by atoms with Crippen LogP contribution in [0.25, 0.3) is 0 Å². The maximum atomic E-state index is 12.9. The molecule has 1 rings (SSSR count). The molecular weight excluding hydrogens is 247 g/mol. The van der Waals surface area contributed by atoms with Crippen LogP contribution in [-0.2, 0) is 0 Å². The molecule has 0 saturated heterocycles. The Hall–Kier alpha value is -1.62. The molecule has 0 fully saturated rings. The summed E-state index contributed by atoms with van der Waals surface area (Å²) in [6, 6.07) is 3.72. The number of hydrogen-bond acceptors (Lipinski definition) is 3. The van der Waals surface area contributed by atoms with Crippen molar-refractivity contribution in [2.75, 3.05) is 18.9 Å². The van der Waals surface area contributed by atoms with Gasteiger partial charge >= 0.3 is 0 Å². The monoisotopic (exact) mass is 268 g/mol. The molecule has 106 valence electrons. The first kappa shape index (κ1) is 15.4. The third kappa shape index (κ3) is 4.87. The Bertz CT molecular complexity index is 418. The van der Waals surface area contributed by atoms with Crippen LogP contribution in [0.1, 0.15) is 36.5 Å². The molecule has 0 spiro atoms. The minimum atomic E-state index is -0.460. The normalized spacial score (nSPS) is 12.2. The molecule has 0 aliphatic carbocycles. The summed E-state index contributed by atoms with van der Waals surface area (Å²) in [6.07, 6.45) is 2.60. The quantitative estimate of drug-likeness (QED) is 0.661. The predicted octanol–water partition coefficient (Wildman–Crippen LogP) is 1.94. The van der Waals surface area contributed by atoms with Crippen molar-refractivity contribution in [1.82, 2.24) is 5.32 Å². The standard InChI is InChI=1S/C14H21FN2O2/c1-2-3-10(6-7-18)9-17-14(19)12-5-4-11(15)8-13(12)16/h4-5,8,10,18H,2-3,6-7,9,16H2,1H3,(H,17,19). The molecule has 4 nitrogen and oxygen atoms in total. The van der Waals surface area contributed by atoms with Crippen LogP contribution in [0.15, 0.2) is 18.2 Å². The van der Waals surface area contributed by atoms with E-state index in [9.17, 15) is 9.18 Å². The van der Waals surface area contributed by atoms with Crippen molar-refractivity contribution in [1.29, 1.82) is 0 Å². The van der Waals surface area contributed by atoms with Gasteiger partial charge in [0.1, 0.15) is 5.82 Å². The van der Waals surface area contributed by atoms with Gasteiger partial charge in [-0.3, -0.25) is 4.79 Å². The molecule has 0 saturated carbocycles. The van der Waals surface area contributed by atoms with Crippen molar-refractivity contribution in [2.24, 2.45) is 5.92 Å². The Kier molecular flexibility index (Phi) is 6.29. The zero-order chi connectivity index (χ0) is 14.3. The fraction of sp³-hybridized carbons (Fsp3) is 0.500. The molecule has 19 heavy (non-hydrogen) atoms. The third-order valence-electron chi connectivity index (χ3n) is 3.04. The number of nitrogens with one attached hydrogen (secondary N) is 1. The van der Waals surface area contributed by atoms with Crippen LogP contribution in [0.3, 0.4) is 0 Å². The maximum absolute atomic E-state index is 12.9. The highest BCUT2D eigenvalue weighted by Crippen LogP contribution is 2.14. The van der Waals surface area contributed by atoms with Crippen LogP contribution in [0.2, 0.25) is 0 Å². The number of carbonyl (C=O) groups is 1. The lowest BCUT2D eigenvalue weighted by atomic mass is 10.00. The summed E-state index contributed by atoms with van der Waals surface area (Å²) >= 11 is 0. The van der Waals surface area contributed by atoms with Gasteiger partial charge in [0, 0.05) is 18.8 Å². The van der Waals surface area contributed by atoms with Crippen molar-refractivity contribution in [3.63, 3.8) is 0 Å². The minimum absolute atomic E-state index is 0.110. The SMILES string of the molecule is CCCC(CCO)CNC(=O)c1ccc(F)cc1N. The number of aliphatic hydroxyl groups excluding tert-OH is 1. The lowest BCUT2D eigenvalue weighted by Gasteiger charge is -2.16. The van der Waals surface area contributed by atoms with E-state index >= 15 is 0 Å². The first-order valence-corrected chi connectivity index (χ1v) is 6.52. The highest BCUT2D eigenvalue weighted by atomic mass is 19.1. The van der Waals surface area contributed by atoms with E-state index in [0.29, 0.717) is 13.0 Å². The summed E-state index contributed by atoms with van der Waals surface area (Å²) in [5, 5.41) is 11.7. The molecule has 1 atom stereocenters. The van der Waals surface area contributed by atoms with Gasteiger partial charge in [0.25, 0.3) is 5.91 Å². The van der Waals surface area contributed by atoms with Crippen LogP contribution in [0, 0.1) is 11.7 Å². The molecule has 0 heterocycles. The molecule has 1 unspecified atom stereocenters. The van der Waals surface area contributed by atoms with Crippen LogP contribution in [0.4, 0.5) is 10.1 Å².